The Morgan fingerprint density at radius 2 is 1.83 bits per heavy atom. The van der Waals surface area contributed by atoms with Crippen LogP contribution in [0, 0.1) is 23.3 Å². The van der Waals surface area contributed by atoms with Crippen LogP contribution in [-0.4, -0.2) is 9.78 Å². The number of halogens is 5. The summed E-state index contributed by atoms with van der Waals surface area (Å²) < 4.78 is 59.0. The Morgan fingerprint density at radius 1 is 1.09 bits per heavy atom. The van der Waals surface area contributed by atoms with Crippen molar-refractivity contribution in [2.45, 2.75) is 0 Å². The summed E-state index contributed by atoms with van der Waals surface area (Å²) in [5.41, 5.74) is -1.14. The monoisotopic (exact) mass is 344 g/mol. The van der Waals surface area contributed by atoms with Crippen LogP contribution in [0.25, 0.3) is 17.1 Å². The SMILES string of the molecule is O=c1oc(-c2c(F)cccc2Cl)nn1-c1cc(F)cc(F)c1F. The number of hydrogen-bond acceptors (Lipinski definition) is 3. The number of hydrogen-bond donors (Lipinski definition) is 0. The van der Waals surface area contributed by atoms with E-state index in [-0.39, 0.29) is 15.3 Å². The highest BCUT2D eigenvalue weighted by Crippen LogP contribution is 2.29. The molecule has 3 aromatic rings. The summed E-state index contributed by atoms with van der Waals surface area (Å²) in [7, 11) is 0. The van der Waals surface area contributed by atoms with Crippen LogP contribution in [-0.2, 0) is 0 Å². The molecule has 0 spiro atoms. The summed E-state index contributed by atoms with van der Waals surface area (Å²) in [4.78, 5) is 11.8. The van der Waals surface area contributed by atoms with Crippen molar-refractivity contribution >= 4 is 11.6 Å². The second-order valence-electron chi connectivity index (χ2n) is 4.40. The first-order chi connectivity index (χ1) is 10.9. The molecule has 9 heteroatoms. The van der Waals surface area contributed by atoms with Gasteiger partial charge >= 0.3 is 5.76 Å². The molecule has 0 fully saturated rings. The summed E-state index contributed by atoms with van der Waals surface area (Å²) in [5, 5.41) is 3.45. The van der Waals surface area contributed by atoms with E-state index in [1.54, 1.807) is 0 Å². The first kappa shape index (κ1) is 15.3. The van der Waals surface area contributed by atoms with Crippen LogP contribution in [0.1, 0.15) is 0 Å². The van der Waals surface area contributed by atoms with E-state index in [0.717, 1.165) is 6.07 Å². The lowest BCUT2D eigenvalue weighted by atomic mass is 10.2. The third kappa shape index (κ3) is 2.61. The number of aromatic nitrogens is 2. The largest absolute Gasteiger partial charge is 0.442 e. The van der Waals surface area contributed by atoms with Crippen molar-refractivity contribution in [3.8, 4) is 17.1 Å². The molecule has 0 bridgehead atoms. The Labute approximate surface area is 130 Å². The standard InChI is InChI=1S/C14H5ClF4N2O2/c15-7-2-1-3-8(17)11(7)13-20-21(14(22)23-13)10-5-6(16)4-9(18)12(10)19/h1-5H. The van der Waals surface area contributed by atoms with Gasteiger partial charge in [-0.2, -0.15) is 4.68 Å². The molecule has 0 saturated heterocycles. The van der Waals surface area contributed by atoms with E-state index >= 15 is 0 Å². The third-order valence-corrected chi connectivity index (χ3v) is 3.24. The fourth-order valence-electron chi connectivity index (χ4n) is 1.93. The van der Waals surface area contributed by atoms with Crippen molar-refractivity contribution in [2.24, 2.45) is 0 Å². The Kier molecular flexibility index (Phi) is 3.69. The molecule has 0 atom stereocenters. The molecular formula is C14H5ClF4N2O2. The third-order valence-electron chi connectivity index (χ3n) is 2.93. The lowest BCUT2D eigenvalue weighted by Crippen LogP contribution is -2.16. The van der Waals surface area contributed by atoms with Gasteiger partial charge in [-0.1, -0.05) is 17.7 Å². The Bertz CT molecular complexity index is 948. The molecule has 0 radical (unpaired) electrons. The van der Waals surface area contributed by atoms with Gasteiger partial charge in [-0.05, 0) is 12.1 Å². The van der Waals surface area contributed by atoms with E-state index in [1.807, 2.05) is 0 Å². The smallest absolute Gasteiger partial charge is 0.387 e. The Hall–Kier alpha value is -2.61. The van der Waals surface area contributed by atoms with Gasteiger partial charge in [0.25, 0.3) is 5.89 Å². The minimum Gasteiger partial charge on any atom is -0.387 e. The molecule has 0 N–H and O–H groups in total. The average molecular weight is 345 g/mol. The van der Waals surface area contributed by atoms with Gasteiger partial charge in [0, 0.05) is 12.1 Å². The van der Waals surface area contributed by atoms with Crippen LogP contribution in [0.15, 0.2) is 39.5 Å². The van der Waals surface area contributed by atoms with Gasteiger partial charge in [0.2, 0.25) is 0 Å². The fourth-order valence-corrected chi connectivity index (χ4v) is 2.17. The number of benzene rings is 2. The molecule has 0 aliphatic heterocycles. The quantitative estimate of drug-likeness (QED) is 0.526. The van der Waals surface area contributed by atoms with Crippen LogP contribution in [0.3, 0.4) is 0 Å². The molecule has 3 rings (SSSR count). The topological polar surface area (TPSA) is 48.0 Å². The lowest BCUT2D eigenvalue weighted by Gasteiger charge is -2.02. The van der Waals surface area contributed by atoms with Crippen molar-refractivity contribution < 1.29 is 22.0 Å². The van der Waals surface area contributed by atoms with E-state index in [2.05, 4.69) is 5.10 Å². The summed E-state index contributed by atoms with van der Waals surface area (Å²) >= 11 is 5.81. The van der Waals surface area contributed by atoms with E-state index in [4.69, 9.17) is 16.0 Å². The minimum atomic E-state index is -1.51. The molecule has 118 valence electrons. The Morgan fingerprint density at radius 3 is 2.52 bits per heavy atom. The van der Waals surface area contributed by atoms with Crippen LogP contribution >= 0.6 is 11.6 Å². The predicted molar refractivity (Wildman–Crippen MR) is 72.4 cm³/mol. The number of nitrogens with zero attached hydrogens (tertiary/aromatic N) is 2. The highest BCUT2D eigenvalue weighted by Gasteiger charge is 2.21. The average Bonchev–Trinajstić information content (AvgIpc) is 2.84. The molecule has 1 aromatic heterocycles. The van der Waals surface area contributed by atoms with Crippen LogP contribution in [0.4, 0.5) is 17.6 Å². The van der Waals surface area contributed by atoms with Crippen molar-refractivity contribution in [3.05, 3.63) is 69.2 Å². The van der Waals surface area contributed by atoms with Gasteiger partial charge in [-0.15, -0.1) is 5.10 Å². The van der Waals surface area contributed by atoms with Gasteiger partial charge in [-0.25, -0.2) is 22.4 Å². The highest BCUT2D eigenvalue weighted by atomic mass is 35.5. The highest BCUT2D eigenvalue weighted by molar-refractivity contribution is 6.33. The molecule has 0 saturated carbocycles. The minimum absolute atomic E-state index is 0.107. The van der Waals surface area contributed by atoms with E-state index < -0.39 is 40.6 Å². The zero-order valence-corrected chi connectivity index (χ0v) is 11.7. The van der Waals surface area contributed by atoms with Crippen LogP contribution in [0.2, 0.25) is 5.02 Å². The molecule has 23 heavy (non-hydrogen) atoms. The lowest BCUT2D eigenvalue weighted by molar-refractivity contribution is 0.478. The van der Waals surface area contributed by atoms with Gasteiger partial charge in [0.05, 0.1) is 10.6 Å². The van der Waals surface area contributed by atoms with Gasteiger partial charge in [0.1, 0.15) is 17.3 Å². The summed E-state index contributed by atoms with van der Waals surface area (Å²) in [5.74, 6) is -6.80. The summed E-state index contributed by atoms with van der Waals surface area (Å²) in [6, 6.07) is 4.54. The van der Waals surface area contributed by atoms with E-state index in [0.29, 0.717) is 12.1 Å². The predicted octanol–water partition coefficient (Wildman–Crippen LogP) is 3.70. The molecule has 0 aliphatic rings. The van der Waals surface area contributed by atoms with Gasteiger partial charge in [0.15, 0.2) is 11.6 Å². The first-order valence-electron chi connectivity index (χ1n) is 6.08. The molecule has 0 aliphatic carbocycles. The molecule has 0 unspecified atom stereocenters. The summed E-state index contributed by atoms with van der Waals surface area (Å²) in [6.07, 6.45) is 0. The Balaban J connectivity index is 2.23. The van der Waals surface area contributed by atoms with E-state index in [9.17, 15) is 22.4 Å². The molecular weight excluding hydrogens is 340 g/mol. The second-order valence-corrected chi connectivity index (χ2v) is 4.81. The van der Waals surface area contributed by atoms with Crippen molar-refractivity contribution in [3.63, 3.8) is 0 Å². The zero-order chi connectivity index (χ0) is 16.7. The first-order valence-corrected chi connectivity index (χ1v) is 6.45. The fraction of sp³-hybridized carbons (Fsp3) is 0. The van der Waals surface area contributed by atoms with Crippen molar-refractivity contribution in [1.82, 2.24) is 9.78 Å². The second kappa shape index (κ2) is 5.54. The number of rotatable bonds is 2. The van der Waals surface area contributed by atoms with Gasteiger partial charge in [-0.3, -0.25) is 0 Å². The maximum absolute atomic E-state index is 13.8. The summed E-state index contributed by atoms with van der Waals surface area (Å²) in [6.45, 7) is 0. The normalized spacial score (nSPS) is 11.0. The molecule has 1 heterocycles. The van der Waals surface area contributed by atoms with Gasteiger partial charge < -0.3 is 4.42 Å². The van der Waals surface area contributed by atoms with Crippen LogP contribution < -0.4 is 5.76 Å². The molecule has 0 amide bonds. The molecule has 2 aromatic carbocycles. The van der Waals surface area contributed by atoms with Crippen LogP contribution in [0.5, 0.6) is 0 Å². The van der Waals surface area contributed by atoms with E-state index in [1.165, 1.54) is 12.1 Å². The maximum Gasteiger partial charge on any atom is 0.442 e. The molecule has 4 nitrogen and oxygen atoms in total. The van der Waals surface area contributed by atoms with Crippen molar-refractivity contribution in [1.29, 1.82) is 0 Å². The zero-order valence-electron chi connectivity index (χ0n) is 11.0. The van der Waals surface area contributed by atoms with Crippen molar-refractivity contribution in [2.75, 3.05) is 0 Å². The maximum atomic E-state index is 13.8.